The zero-order chi connectivity index (χ0) is 14.5. The van der Waals surface area contributed by atoms with Crippen LogP contribution in [0.1, 0.15) is 23.9 Å². The van der Waals surface area contributed by atoms with Crippen LogP contribution in [-0.2, 0) is 16.0 Å². The number of likely N-dealkylation sites (N-methyl/N-ethyl adjacent to an activating group) is 1. The summed E-state index contributed by atoms with van der Waals surface area (Å²) in [6.45, 7) is 2.49. The lowest BCUT2D eigenvalue weighted by molar-refractivity contribution is -0.128. The van der Waals surface area contributed by atoms with E-state index < -0.39 is 0 Å². The van der Waals surface area contributed by atoms with Gasteiger partial charge in [0.2, 0.25) is 5.91 Å². The quantitative estimate of drug-likeness (QED) is 0.803. The van der Waals surface area contributed by atoms with Crippen molar-refractivity contribution in [2.24, 2.45) is 0 Å². The van der Waals surface area contributed by atoms with Crippen molar-refractivity contribution >= 4 is 5.91 Å². The van der Waals surface area contributed by atoms with Crippen molar-refractivity contribution in [1.29, 1.82) is 0 Å². The summed E-state index contributed by atoms with van der Waals surface area (Å²) in [7, 11) is 5.59. The molecular weight excluding hydrogens is 256 g/mol. The second-order valence-electron chi connectivity index (χ2n) is 5.35. The van der Waals surface area contributed by atoms with Crippen molar-refractivity contribution in [3.05, 3.63) is 23.8 Å². The molecule has 0 radical (unpaired) electrons. The minimum absolute atomic E-state index is 0.0225. The fraction of sp³-hybridized carbons (Fsp3) is 0.643. The monoisotopic (exact) mass is 278 g/mol. The van der Waals surface area contributed by atoms with E-state index in [0.29, 0.717) is 19.4 Å². The van der Waals surface area contributed by atoms with Gasteiger partial charge in [0.05, 0.1) is 24.2 Å². The van der Waals surface area contributed by atoms with Gasteiger partial charge in [-0.25, -0.2) is 0 Å². The van der Waals surface area contributed by atoms with Gasteiger partial charge in [-0.05, 0) is 13.5 Å². The zero-order valence-electron chi connectivity index (χ0n) is 12.4. The molecule has 1 saturated heterocycles. The molecule has 1 amide bonds. The molecule has 1 aromatic rings. The molecule has 1 atom stereocenters. The predicted octanol–water partition coefficient (Wildman–Crippen LogP) is 0.500. The molecule has 1 aromatic heterocycles. The Morgan fingerprint density at radius 3 is 3.00 bits per heavy atom. The molecule has 2 heterocycles. The van der Waals surface area contributed by atoms with Crippen molar-refractivity contribution < 1.29 is 9.53 Å². The molecule has 0 N–H and O–H groups in total. The van der Waals surface area contributed by atoms with E-state index in [9.17, 15) is 4.79 Å². The third kappa shape index (κ3) is 3.98. The van der Waals surface area contributed by atoms with Crippen LogP contribution in [0.25, 0.3) is 0 Å². The lowest BCUT2D eigenvalue weighted by Gasteiger charge is -2.29. The summed E-state index contributed by atoms with van der Waals surface area (Å²) in [5, 5.41) is 0. The summed E-state index contributed by atoms with van der Waals surface area (Å²) >= 11 is 0. The van der Waals surface area contributed by atoms with Crippen LogP contribution < -0.4 is 0 Å². The Labute approximate surface area is 119 Å². The summed E-state index contributed by atoms with van der Waals surface area (Å²) < 4.78 is 5.73. The molecule has 20 heavy (non-hydrogen) atoms. The van der Waals surface area contributed by atoms with Crippen LogP contribution in [0.3, 0.4) is 0 Å². The minimum atomic E-state index is -0.0225. The van der Waals surface area contributed by atoms with Crippen LogP contribution in [0, 0.1) is 0 Å². The van der Waals surface area contributed by atoms with E-state index in [0.717, 1.165) is 24.5 Å². The molecular formula is C14H22N4O2. The molecule has 0 unspecified atom stereocenters. The maximum absolute atomic E-state index is 11.6. The second kappa shape index (κ2) is 6.76. The molecule has 6 nitrogen and oxygen atoms in total. The second-order valence-corrected chi connectivity index (χ2v) is 5.35. The van der Waals surface area contributed by atoms with Gasteiger partial charge in [0.25, 0.3) is 0 Å². The van der Waals surface area contributed by atoms with Gasteiger partial charge in [0, 0.05) is 39.8 Å². The normalized spacial score (nSPS) is 19.9. The van der Waals surface area contributed by atoms with Gasteiger partial charge in [-0.15, -0.1) is 0 Å². The van der Waals surface area contributed by atoms with Gasteiger partial charge < -0.3 is 14.5 Å². The number of ether oxygens (including phenoxy) is 1. The molecule has 110 valence electrons. The molecule has 1 aliphatic rings. The van der Waals surface area contributed by atoms with Crippen molar-refractivity contribution in [2.75, 3.05) is 40.8 Å². The summed E-state index contributed by atoms with van der Waals surface area (Å²) in [4.78, 5) is 24.2. The van der Waals surface area contributed by atoms with E-state index in [1.165, 1.54) is 0 Å². The summed E-state index contributed by atoms with van der Waals surface area (Å²) in [5.41, 5.74) is 1.70. The first-order valence-electron chi connectivity index (χ1n) is 6.87. The lowest BCUT2D eigenvalue weighted by atomic mass is 10.2. The summed E-state index contributed by atoms with van der Waals surface area (Å²) in [6, 6.07) is 0. The number of aromatic nitrogens is 2. The first-order valence-corrected chi connectivity index (χ1v) is 6.87. The van der Waals surface area contributed by atoms with E-state index in [4.69, 9.17) is 4.74 Å². The molecule has 0 saturated carbocycles. The molecule has 0 aromatic carbocycles. The van der Waals surface area contributed by atoms with E-state index in [2.05, 4.69) is 21.9 Å². The fourth-order valence-corrected chi connectivity index (χ4v) is 2.11. The number of amides is 1. The summed E-state index contributed by atoms with van der Waals surface area (Å²) in [6.07, 6.45) is 4.52. The van der Waals surface area contributed by atoms with E-state index in [-0.39, 0.29) is 12.0 Å². The van der Waals surface area contributed by atoms with Crippen molar-refractivity contribution in [3.63, 3.8) is 0 Å². The number of carbonyl (C=O) groups is 1. The maximum Gasteiger partial charge on any atom is 0.222 e. The SMILES string of the molecule is CN1CCO[C@H](c2cncc(CCC(=O)N(C)C)n2)C1. The molecule has 0 aliphatic carbocycles. The van der Waals surface area contributed by atoms with Crippen LogP contribution in [0.2, 0.25) is 0 Å². The van der Waals surface area contributed by atoms with Gasteiger partial charge in [0.15, 0.2) is 0 Å². The van der Waals surface area contributed by atoms with Crippen LogP contribution in [-0.4, -0.2) is 66.5 Å². The third-order valence-corrected chi connectivity index (χ3v) is 3.40. The van der Waals surface area contributed by atoms with E-state index in [1.54, 1.807) is 31.4 Å². The average Bonchev–Trinajstić information content (AvgIpc) is 2.45. The van der Waals surface area contributed by atoms with E-state index in [1.807, 2.05) is 0 Å². The molecule has 6 heteroatoms. The van der Waals surface area contributed by atoms with Crippen molar-refractivity contribution in [2.45, 2.75) is 18.9 Å². The molecule has 1 aliphatic heterocycles. The molecule has 0 bridgehead atoms. The standard InChI is InChI=1S/C14H22N4O2/c1-17(2)14(19)5-4-11-8-15-9-12(16-11)13-10-18(3)6-7-20-13/h8-9,13H,4-7,10H2,1-3H3/t13-/m0/s1. The van der Waals surface area contributed by atoms with Crippen LogP contribution in [0.5, 0.6) is 0 Å². The number of nitrogens with zero attached hydrogens (tertiary/aromatic N) is 4. The van der Waals surface area contributed by atoms with Gasteiger partial charge in [-0.2, -0.15) is 0 Å². The Kier molecular flexibility index (Phi) is 5.03. The van der Waals surface area contributed by atoms with Gasteiger partial charge in [-0.1, -0.05) is 0 Å². The first-order chi connectivity index (χ1) is 9.56. The molecule has 0 spiro atoms. The molecule has 1 fully saturated rings. The van der Waals surface area contributed by atoms with Gasteiger partial charge >= 0.3 is 0 Å². The number of aryl methyl sites for hydroxylation is 1. The number of rotatable bonds is 4. The van der Waals surface area contributed by atoms with Crippen molar-refractivity contribution in [3.8, 4) is 0 Å². The third-order valence-electron chi connectivity index (χ3n) is 3.40. The number of hydrogen-bond donors (Lipinski definition) is 0. The smallest absolute Gasteiger partial charge is 0.222 e. The number of hydrogen-bond acceptors (Lipinski definition) is 5. The van der Waals surface area contributed by atoms with Gasteiger partial charge in [0.1, 0.15) is 6.10 Å². The highest BCUT2D eigenvalue weighted by Gasteiger charge is 2.21. The fourth-order valence-electron chi connectivity index (χ4n) is 2.11. The largest absolute Gasteiger partial charge is 0.369 e. The lowest BCUT2D eigenvalue weighted by Crippen LogP contribution is -2.35. The Balaban J connectivity index is 1.98. The van der Waals surface area contributed by atoms with Crippen LogP contribution in [0.15, 0.2) is 12.4 Å². The Hall–Kier alpha value is -1.53. The maximum atomic E-state index is 11.6. The summed E-state index contributed by atoms with van der Waals surface area (Å²) in [5.74, 6) is 0.103. The predicted molar refractivity (Wildman–Crippen MR) is 75.2 cm³/mol. The average molecular weight is 278 g/mol. The highest BCUT2D eigenvalue weighted by molar-refractivity contribution is 5.75. The molecule has 2 rings (SSSR count). The highest BCUT2D eigenvalue weighted by Crippen LogP contribution is 2.19. The Morgan fingerprint density at radius 1 is 1.50 bits per heavy atom. The first kappa shape index (κ1) is 14.9. The Morgan fingerprint density at radius 2 is 2.30 bits per heavy atom. The van der Waals surface area contributed by atoms with Crippen LogP contribution in [0.4, 0.5) is 0 Å². The van der Waals surface area contributed by atoms with Gasteiger partial charge in [-0.3, -0.25) is 14.8 Å². The minimum Gasteiger partial charge on any atom is -0.369 e. The zero-order valence-corrected chi connectivity index (χ0v) is 12.4. The highest BCUT2D eigenvalue weighted by atomic mass is 16.5. The number of carbonyl (C=O) groups excluding carboxylic acids is 1. The number of morpholine rings is 1. The Bertz CT molecular complexity index is 464. The van der Waals surface area contributed by atoms with Crippen LogP contribution >= 0.6 is 0 Å². The van der Waals surface area contributed by atoms with Crippen molar-refractivity contribution in [1.82, 2.24) is 19.8 Å². The van der Waals surface area contributed by atoms with E-state index >= 15 is 0 Å². The topological polar surface area (TPSA) is 58.6 Å².